The average Bonchev–Trinajstić information content (AvgIpc) is 3.24. The molecule has 1 unspecified atom stereocenters. The van der Waals surface area contributed by atoms with Crippen molar-refractivity contribution < 1.29 is 13.2 Å². The summed E-state index contributed by atoms with van der Waals surface area (Å²) in [6.45, 7) is 3.62. The summed E-state index contributed by atoms with van der Waals surface area (Å²) in [5.41, 5.74) is 2.55. The maximum Gasteiger partial charge on any atom is 0.264 e. The van der Waals surface area contributed by atoms with Gasteiger partial charge < -0.3 is 5.32 Å². The highest BCUT2D eigenvalue weighted by atomic mass is 32.2. The van der Waals surface area contributed by atoms with Gasteiger partial charge in [-0.1, -0.05) is 18.2 Å². The first-order chi connectivity index (χ1) is 13.7. The Morgan fingerprint density at radius 3 is 2.66 bits per heavy atom. The molecular formula is C19H21N5O4S. The van der Waals surface area contributed by atoms with Gasteiger partial charge in [-0.3, -0.25) is 14.2 Å². The van der Waals surface area contributed by atoms with Gasteiger partial charge >= 0.3 is 0 Å². The van der Waals surface area contributed by atoms with E-state index in [1.807, 2.05) is 32.0 Å². The highest BCUT2D eigenvalue weighted by Gasteiger charge is 2.31. The van der Waals surface area contributed by atoms with Gasteiger partial charge in [0, 0.05) is 5.69 Å². The van der Waals surface area contributed by atoms with E-state index in [1.54, 1.807) is 0 Å². The van der Waals surface area contributed by atoms with E-state index >= 15 is 0 Å². The number of aryl methyl sites for hydroxylation is 2. The van der Waals surface area contributed by atoms with E-state index in [4.69, 9.17) is 0 Å². The van der Waals surface area contributed by atoms with Crippen molar-refractivity contribution in [2.75, 3.05) is 16.8 Å². The number of hydrogen-bond acceptors (Lipinski definition) is 6. The number of nitrogens with zero attached hydrogens (tertiary/aromatic N) is 4. The molecule has 2 aromatic heterocycles. The Balaban J connectivity index is 1.59. The molecule has 1 aromatic carbocycles. The maximum atomic E-state index is 12.8. The van der Waals surface area contributed by atoms with Crippen LogP contribution in [0.1, 0.15) is 23.6 Å². The fraction of sp³-hybridized carbons (Fsp3) is 0.368. The molecule has 29 heavy (non-hydrogen) atoms. The van der Waals surface area contributed by atoms with Crippen LogP contribution in [0.5, 0.6) is 0 Å². The number of benzene rings is 1. The van der Waals surface area contributed by atoms with Crippen molar-refractivity contribution >= 4 is 32.5 Å². The molecule has 1 N–H and O–H groups in total. The van der Waals surface area contributed by atoms with E-state index in [-0.39, 0.29) is 35.4 Å². The minimum Gasteiger partial charge on any atom is -0.324 e. The first-order valence-corrected chi connectivity index (χ1v) is 11.1. The summed E-state index contributed by atoms with van der Waals surface area (Å²) in [6, 6.07) is 5.39. The normalized spacial score (nSPS) is 18.2. The topological polar surface area (TPSA) is 116 Å². The molecule has 152 valence electrons. The van der Waals surface area contributed by atoms with Crippen molar-refractivity contribution in [1.82, 2.24) is 19.3 Å². The van der Waals surface area contributed by atoms with E-state index in [1.165, 1.54) is 21.8 Å². The summed E-state index contributed by atoms with van der Waals surface area (Å²) in [5, 5.41) is 7.30. The molecule has 3 heterocycles. The smallest absolute Gasteiger partial charge is 0.264 e. The number of carbonyl (C=O) groups excluding carboxylic acids is 1. The third-order valence-electron chi connectivity index (χ3n) is 5.19. The van der Waals surface area contributed by atoms with Crippen molar-refractivity contribution in [3.63, 3.8) is 0 Å². The minimum absolute atomic E-state index is 0.00721. The van der Waals surface area contributed by atoms with Crippen molar-refractivity contribution in [1.29, 1.82) is 0 Å². The van der Waals surface area contributed by atoms with Gasteiger partial charge in [0.1, 0.15) is 18.3 Å². The lowest BCUT2D eigenvalue weighted by Gasteiger charge is -2.12. The third kappa shape index (κ3) is 3.67. The number of anilines is 1. The number of nitrogens with one attached hydrogen (secondary N) is 1. The molecule has 4 rings (SSSR count). The number of carbonyl (C=O) groups is 1. The van der Waals surface area contributed by atoms with Crippen LogP contribution in [0.3, 0.4) is 0 Å². The van der Waals surface area contributed by atoms with Crippen LogP contribution in [-0.2, 0) is 21.2 Å². The van der Waals surface area contributed by atoms with E-state index < -0.39 is 15.4 Å². The van der Waals surface area contributed by atoms with Gasteiger partial charge in [-0.05, 0) is 31.4 Å². The molecule has 1 atom stereocenters. The number of amides is 1. The second kappa shape index (κ2) is 7.11. The van der Waals surface area contributed by atoms with Crippen LogP contribution in [0, 0.1) is 13.8 Å². The van der Waals surface area contributed by atoms with E-state index in [0.717, 1.165) is 16.8 Å². The predicted octanol–water partition coefficient (Wildman–Crippen LogP) is 1.21. The summed E-state index contributed by atoms with van der Waals surface area (Å²) >= 11 is 0. The van der Waals surface area contributed by atoms with Crippen LogP contribution in [0.4, 0.5) is 5.69 Å². The number of aromatic nitrogens is 4. The molecule has 1 aliphatic rings. The molecule has 1 fully saturated rings. The number of sulfone groups is 1. The Hall–Kier alpha value is -3.01. The lowest BCUT2D eigenvalue weighted by molar-refractivity contribution is -0.116. The summed E-state index contributed by atoms with van der Waals surface area (Å²) in [6.07, 6.45) is 3.13. The summed E-state index contributed by atoms with van der Waals surface area (Å²) in [5.74, 6) is -0.235. The van der Waals surface area contributed by atoms with Gasteiger partial charge in [-0.25, -0.2) is 18.1 Å². The maximum absolute atomic E-state index is 12.8. The summed E-state index contributed by atoms with van der Waals surface area (Å²) < 4.78 is 26.2. The van der Waals surface area contributed by atoms with Crippen molar-refractivity contribution in [3.8, 4) is 0 Å². The fourth-order valence-electron chi connectivity index (χ4n) is 3.66. The van der Waals surface area contributed by atoms with Gasteiger partial charge in [-0.2, -0.15) is 5.10 Å². The molecule has 0 bridgehead atoms. The number of rotatable bonds is 4. The molecule has 0 spiro atoms. The lowest BCUT2D eigenvalue weighted by Crippen LogP contribution is -2.28. The van der Waals surface area contributed by atoms with E-state index in [2.05, 4.69) is 15.4 Å². The Morgan fingerprint density at radius 2 is 2.00 bits per heavy atom. The zero-order valence-electron chi connectivity index (χ0n) is 16.1. The van der Waals surface area contributed by atoms with Gasteiger partial charge in [0.05, 0.1) is 23.7 Å². The van der Waals surface area contributed by atoms with E-state index in [0.29, 0.717) is 12.1 Å². The molecule has 10 heteroatoms. The Labute approximate surface area is 167 Å². The van der Waals surface area contributed by atoms with Gasteiger partial charge in [-0.15, -0.1) is 0 Å². The molecule has 3 aromatic rings. The van der Waals surface area contributed by atoms with Crippen LogP contribution in [0.2, 0.25) is 0 Å². The fourth-order valence-corrected chi connectivity index (χ4v) is 5.35. The van der Waals surface area contributed by atoms with E-state index in [9.17, 15) is 18.0 Å². The van der Waals surface area contributed by atoms with Gasteiger partial charge in [0.25, 0.3) is 5.56 Å². The minimum atomic E-state index is -3.09. The first-order valence-electron chi connectivity index (χ1n) is 9.24. The quantitative estimate of drug-likeness (QED) is 0.685. The molecule has 0 saturated carbocycles. The third-order valence-corrected chi connectivity index (χ3v) is 6.94. The Kier molecular flexibility index (Phi) is 4.73. The summed E-state index contributed by atoms with van der Waals surface area (Å²) in [4.78, 5) is 29.5. The van der Waals surface area contributed by atoms with Gasteiger partial charge in [0.2, 0.25) is 5.91 Å². The molecule has 0 radical (unpaired) electrons. The highest BCUT2D eigenvalue weighted by Crippen LogP contribution is 2.25. The Morgan fingerprint density at radius 1 is 1.28 bits per heavy atom. The number of hydrogen-bond donors (Lipinski definition) is 1. The van der Waals surface area contributed by atoms with Gasteiger partial charge in [0.15, 0.2) is 15.5 Å². The monoisotopic (exact) mass is 415 g/mol. The summed E-state index contributed by atoms with van der Waals surface area (Å²) in [7, 11) is -3.09. The molecule has 1 amide bonds. The second-order valence-electron chi connectivity index (χ2n) is 7.38. The molecule has 1 saturated heterocycles. The van der Waals surface area contributed by atoms with Crippen LogP contribution < -0.4 is 10.9 Å². The molecule has 9 nitrogen and oxygen atoms in total. The zero-order chi connectivity index (χ0) is 20.8. The average molecular weight is 415 g/mol. The van der Waals surface area contributed by atoms with Crippen LogP contribution >= 0.6 is 0 Å². The Bertz CT molecular complexity index is 1260. The number of fused-ring (bicyclic) bond motifs is 1. The molecular weight excluding hydrogens is 394 g/mol. The lowest BCUT2D eigenvalue weighted by atomic mass is 10.1. The highest BCUT2D eigenvalue weighted by molar-refractivity contribution is 7.91. The van der Waals surface area contributed by atoms with Crippen LogP contribution in [0.25, 0.3) is 11.0 Å². The van der Waals surface area contributed by atoms with Crippen LogP contribution in [0.15, 0.2) is 35.5 Å². The van der Waals surface area contributed by atoms with Crippen LogP contribution in [-0.4, -0.2) is 45.2 Å². The SMILES string of the molecule is Cc1cccc(C)c1NC(=O)Cn1cnc2c(cnn2C2CCS(=O)(=O)C2)c1=O. The second-order valence-corrected chi connectivity index (χ2v) is 9.60. The molecule has 1 aliphatic heterocycles. The number of para-hydroxylation sites is 1. The predicted molar refractivity (Wildman–Crippen MR) is 109 cm³/mol. The largest absolute Gasteiger partial charge is 0.324 e. The molecule has 0 aliphatic carbocycles. The van der Waals surface area contributed by atoms with Crippen molar-refractivity contribution in [2.45, 2.75) is 32.9 Å². The van der Waals surface area contributed by atoms with Crippen molar-refractivity contribution in [2.24, 2.45) is 0 Å². The van der Waals surface area contributed by atoms with Crippen molar-refractivity contribution in [3.05, 3.63) is 52.2 Å². The first kappa shape index (κ1) is 19.3. The standard InChI is InChI=1S/C19H21N5O4S/c1-12-4-3-5-13(2)17(12)22-16(25)9-23-11-20-18-15(19(23)26)8-21-24(18)14-6-7-29(27,28)10-14/h3-5,8,11,14H,6-7,9-10H2,1-2H3,(H,22,25). The zero-order valence-corrected chi connectivity index (χ0v) is 16.9.